The fourth-order valence-electron chi connectivity index (χ4n) is 4.19. The van der Waals surface area contributed by atoms with Crippen LogP contribution in [-0.4, -0.2) is 27.1 Å². The third-order valence-corrected chi connectivity index (χ3v) is 6.35. The molecule has 0 aliphatic heterocycles. The van der Waals surface area contributed by atoms with Gasteiger partial charge in [0.1, 0.15) is 23.3 Å². The molecule has 1 amide bonds. The van der Waals surface area contributed by atoms with Gasteiger partial charge >= 0.3 is 0 Å². The lowest BCUT2D eigenvalue weighted by Gasteiger charge is -2.11. The van der Waals surface area contributed by atoms with Crippen LogP contribution in [0, 0.1) is 0 Å². The van der Waals surface area contributed by atoms with Gasteiger partial charge in [0.25, 0.3) is 5.56 Å². The molecule has 8 heteroatoms. The van der Waals surface area contributed by atoms with Crippen LogP contribution >= 0.6 is 11.6 Å². The van der Waals surface area contributed by atoms with Gasteiger partial charge in [-0.25, -0.2) is 4.98 Å². The van der Waals surface area contributed by atoms with Gasteiger partial charge in [-0.15, -0.1) is 0 Å². The standard InChI is InChI=1S/C27H23ClN4O3/c1-35-20-12-10-18(11-13-20)15-31-17-30-25-21-7-3-5-9-23(21)32(26(25)27(31)34)16-24(33)29-14-19-6-2-4-8-22(19)28/h2-13,17H,14-16H2,1H3,(H,29,33). The number of nitrogens with zero attached hydrogens (tertiary/aromatic N) is 3. The smallest absolute Gasteiger partial charge is 0.278 e. The average molecular weight is 487 g/mol. The number of hydrogen-bond donors (Lipinski definition) is 1. The van der Waals surface area contributed by atoms with Crippen molar-refractivity contribution in [2.75, 3.05) is 7.11 Å². The van der Waals surface area contributed by atoms with E-state index in [1.54, 1.807) is 28.6 Å². The van der Waals surface area contributed by atoms with E-state index in [-0.39, 0.29) is 18.0 Å². The van der Waals surface area contributed by atoms with Crippen LogP contribution in [0.25, 0.3) is 21.9 Å². The zero-order chi connectivity index (χ0) is 24.4. The lowest BCUT2D eigenvalue weighted by Crippen LogP contribution is -2.29. The molecular formula is C27H23ClN4O3. The molecule has 0 spiro atoms. The number of benzene rings is 3. The van der Waals surface area contributed by atoms with Crippen LogP contribution in [0.2, 0.25) is 5.02 Å². The summed E-state index contributed by atoms with van der Waals surface area (Å²) in [6.07, 6.45) is 1.56. The summed E-state index contributed by atoms with van der Waals surface area (Å²) in [6, 6.07) is 22.5. The van der Waals surface area contributed by atoms with E-state index in [1.165, 1.54) is 0 Å². The van der Waals surface area contributed by atoms with Crippen molar-refractivity contribution in [3.05, 3.63) is 106 Å². The Hall–Kier alpha value is -4.10. The number of carbonyl (C=O) groups excluding carboxylic acids is 1. The minimum atomic E-state index is -0.225. The van der Waals surface area contributed by atoms with Crippen LogP contribution in [-0.2, 0) is 24.4 Å². The SMILES string of the molecule is COc1ccc(Cn2cnc3c4ccccc4n(CC(=O)NCc4ccccc4Cl)c3c2=O)cc1. The molecule has 0 fully saturated rings. The van der Waals surface area contributed by atoms with E-state index in [2.05, 4.69) is 10.3 Å². The molecule has 5 rings (SSSR count). The number of para-hydroxylation sites is 1. The Morgan fingerprint density at radius 2 is 1.77 bits per heavy atom. The van der Waals surface area contributed by atoms with E-state index >= 15 is 0 Å². The summed E-state index contributed by atoms with van der Waals surface area (Å²) in [5.41, 5.74) is 3.32. The van der Waals surface area contributed by atoms with Gasteiger partial charge in [0.15, 0.2) is 0 Å². The maximum atomic E-state index is 13.6. The molecule has 176 valence electrons. The number of rotatable bonds is 7. The van der Waals surface area contributed by atoms with Crippen LogP contribution in [0.15, 0.2) is 83.9 Å². The van der Waals surface area contributed by atoms with Gasteiger partial charge in [0, 0.05) is 17.0 Å². The number of halogens is 1. The fourth-order valence-corrected chi connectivity index (χ4v) is 4.39. The highest BCUT2D eigenvalue weighted by Crippen LogP contribution is 2.25. The van der Waals surface area contributed by atoms with Crippen LogP contribution in [0.3, 0.4) is 0 Å². The van der Waals surface area contributed by atoms with Crippen LogP contribution in [0.4, 0.5) is 0 Å². The number of carbonyl (C=O) groups is 1. The van der Waals surface area contributed by atoms with Crippen LogP contribution in [0.5, 0.6) is 5.75 Å². The molecule has 0 aliphatic rings. The molecule has 2 heterocycles. The van der Waals surface area contributed by atoms with E-state index in [0.717, 1.165) is 27.8 Å². The minimum Gasteiger partial charge on any atom is -0.497 e. The molecule has 0 saturated heterocycles. The van der Waals surface area contributed by atoms with E-state index in [4.69, 9.17) is 16.3 Å². The average Bonchev–Trinajstić information content (AvgIpc) is 3.19. The largest absolute Gasteiger partial charge is 0.497 e. The first-order valence-corrected chi connectivity index (χ1v) is 11.5. The Balaban J connectivity index is 1.50. The molecule has 35 heavy (non-hydrogen) atoms. The lowest BCUT2D eigenvalue weighted by atomic mass is 10.2. The predicted octanol–water partition coefficient (Wildman–Crippen LogP) is 4.38. The molecule has 2 aromatic heterocycles. The Morgan fingerprint density at radius 3 is 2.54 bits per heavy atom. The van der Waals surface area contributed by atoms with Gasteiger partial charge < -0.3 is 14.6 Å². The van der Waals surface area contributed by atoms with Gasteiger partial charge in [-0.05, 0) is 35.4 Å². The van der Waals surface area contributed by atoms with Crippen molar-refractivity contribution in [3.63, 3.8) is 0 Å². The topological polar surface area (TPSA) is 78.2 Å². The fraction of sp³-hybridized carbons (Fsp3) is 0.148. The summed E-state index contributed by atoms with van der Waals surface area (Å²) in [4.78, 5) is 31.1. The van der Waals surface area contributed by atoms with Gasteiger partial charge in [-0.2, -0.15) is 0 Å². The van der Waals surface area contributed by atoms with Crippen molar-refractivity contribution in [2.24, 2.45) is 0 Å². The number of ether oxygens (including phenoxy) is 1. The summed E-state index contributed by atoms with van der Waals surface area (Å²) in [7, 11) is 1.61. The molecule has 0 unspecified atom stereocenters. The second kappa shape index (κ2) is 9.64. The number of aromatic nitrogens is 3. The van der Waals surface area contributed by atoms with Crippen molar-refractivity contribution in [2.45, 2.75) is 19.6 Å². The molecular weight excluding hydrogens is 464 g/mol. The number of amides is 1. The highest BCUT2D eigenvalue weighted by atomic mass is 35.5. The summed E-state index contributed by atoms with van der Waals surface area (Å²) in [5.74, 6) is 0.523. The molecule has 5 aromatic rings. The highest BCUT2D eigenvalue weighted by Gasteiger charge is 2.18. The van der Waals surface area contributed by atoms with Crippen molar-refractivity contribution in [1.29, 1.82) is 0 Å². The molecule has 0 radical (unpaired) electrons. The Bertz CT molecular complexity index is 1590. The van der Waals surface area contributed by atoms with E-state index in [1.807, 2.05) is 66.7 Å². The second-order valence-corrected chi connectivity index (χ2v) is 8.60. The second-order valence-electron chi connectivity index (χ2n) is 8.19. The van der Waals surface area contributed by atoms with Gasteiger partial charge in [0.2, 0.25) is 5.91 Å². The van der Waals surface area contributed by atoms with Gasteiger partial charge in [-0.3, -0.25) is 14.2 Å². The molecule has 0 aliphatic carbocycles. The van der Waals surface area contributed by atoms with E-state index < -0.39 is 0 Å². The van der Waals surface area contributed by atoms with Crippen molar-refractivity contribution >= 4 is 39.4 Å². The third kappa shape index (κ3) is 4.50. The Labute approximate surface area is 206 Å². The summed E-state index contributed by atoms with van der Waals surface area (Å²) < 4.78 is 8.51. The Morgan fingerprint density at radius 1 is 1.03 bits per heavy atom. The first-order valence-electron chi connectivity index (χ1n) is 11.1. The maximum Gasteiger partial charge on any atom is 0.278 e. The maximum absolute atomic E-state index is 13.6. The van der Waals surface area contributed by atoms with Crippen LogP contribution in [0.1, 0.15) is 11.1 Å². The molecule has 0 atom stereocenters. The highest BCUT2D eigenvalue weighted by molar-refractivity contribution is 6.31. The third-order valence-electron chi connectivity index (χ3n) is 5.98. The van der Waals surface area contributed by atoms with Crippen molar-refractivity contribution in [1.82, 2.24) is 19.4 Å². The van der Waals surface area contributed by atoms with E-state index in [9.17, 15) is 9.59 Å². The normalized spacial score (nSPS) is 11.1. The van der Waals surface area contributed by atoms with Gasteiger partial charge in [0.05, 0.1) is 25.5 Å². The number of methoxy groups -OCH3 is 1. The molecule has 3 aromatic carbocycles. The predicted molar refractivity (Wildman–Crippen MR) is 137 cm³/mol. The Kier molecular flexibility index (Phi) is 6.25. The molecule has 0 bridgehead atoms. The first kappa shape index (κ1) is 22.7. The summed E-state index contributed by atoms with van der Waals surface area (Å²) in [6.45, 7) is 0.638. The minimum absolute atomic E-state index is 0.0159. The number of nitrogens with one attached hydrogen (secondary N) is 1. The van der Waals surface area contributed by atoms with E-state index in [0.29, 0.717) is 29.1 Å². The quantitative estimate of drug-likeness (QED) is 0.370. The van der Waals surface area contributed by atoms with Crippen molar-refractivity contribution < 1.29 is 9.53 Å². The lowest BCUT2D eigenvalue weighted by molar-refractivity contribution is -0.121. The monoisotopic (exact) mass is 486 g/mol. The molecule has 0 saturated carbocycles. The number of hydrogen-bond acceptors (Lipinski definition) is 4. The summed E-state index contributed by atoms with van der Waals surface area (Å²) >= 11 is 6.21. The molecule has 1 N–H and O–H groups in total. The van der Waals surface area contributed by atoms with Crippen LogP contribution < -0.4 is 15.6 Å². The number of fused-ring (bicyclic) bond motifs is 3. The zero-order valence-corrected chi connectivity index (χ0v) is 19.8. The summed E-state index contributed by atoms with van der Waals surface area (Å²) in [5, 5.41) is 4.33. The first-order chi connectivity index (χ1) is 17.0. The van der Waals surface area contributed by atoms with Crippen molar-refractivity contribution in [3.8, 4) is 5.75 Å². The zero-order valence-electron chi connectivity index (χ0n) is 19.1. The van der Waals surface area contributed by atoms with Gasteiger partial charge in [-0.1, -0.05) is 60.1 Å². The molecule has 7 nitrogen and oxygen atoms in total.